The average Bonchev–Trinajstić information content (AvgIpc) is 3.79. The van der Waals surface area contributed by atoms with Gasteiger partial charge in [-0.3, -0.25) is 0 Å². The summed E-state index contributed by atoms with van der Waals surface area (Å²) in [6, 6.07) is 79.3. The molecule has 3 heteroatoms. The normalized spacial score (nSPS) is 11.6. The van der Waals surface area contributed by atoms with Crippen molar-refractivity contribution >= 4 is 55.4 Å². The molecule has 0 saturated carbocycles. The van der Waals surface area contributed by atoms with Gasteiger partial charge in [0.15, 0.2) is 0 Å². The first-order valence-electron chi connectivity index (χ1n) is 19.4. The molecule has 0 N–H and O–H groups in total. The first kappa shape index (κ1) is 33.3. The molecular weight excluding hydrogens is 709 g/mol. The van der Waals surface area contributed by atoms with Crippen LogP contribution in [0.5, 0.6) is 0 Å². The van der Waals surface area contributed by atoms with Crippen LogP contribution < -0.4 is 0 Å². The van der Waals surface area contributed by atoms with Crippen LogP contribution >= 0.6 is 11.8 Å². The SMILES string of the molecule is c1ccc(Sc2cccc(-c3ccc(-n4c5ccccc5c5cc(-c6ccc7c(c6)c6ccccc6n7-c6ccc(-c7ccccc7)cc6)ccc54)cc3)c2)cc1. The van der Waals surface area contributed by atoms with Gasteiger partial charge in [-0.1, -0.05) is 145 Å². The highest BCUT2D eigenvalue weighted by molar-refractivity contribution is 7.99. The summed E-state index contributed by atoms with van der Waals surface area (Å²) in [5.41, 5.74) is 14.4. The third kappa shape index (κ3) is 5.92. The van der Waals surface area contributed by atoms with Crippen LogP contribution in [0.25, 0.3) is 88.4 Å². The lowest BCUT2D eigenvalue weighted by atomic mass is 10.0. The van der Waals surface area contributed by atoms with Gasteiger partial charge in [0, 0.05) is 42.7 Å². The van der Waals surface area contributed by atoms with Crippen molar-refractivity contribution in [2.75, 3.05) is 0 Å². The molecule has 0 amide bonds. The minimum atomic E-state index is 1.15. The zero-order valence-corrected chi connectivity index (χ0v) is 31.9. The highest BCUT2D eigenvalue weighted by Gasteiger charge is 2.16. The van der Waals surface area contributed by atoms with E-state index >= 15 is 0 Å². The number of hydrogen-bond acceptors (Lipinski definition) is 1. The molecule has 2 aromatic heterocycles. The maximum Gasteiger partial charge on any atom is 0.0541 e. The van der Waals surface area contributed by atoms with Crippen LogP contribution in [0.2, 0.25) is 0 Å². The summed E-state index contributed by atoms with van der Waals surface area (Å²) in [6.45, 7) is 0. The van der Waals surface area contributed by atoms with E-state index in [4.69, 9.17) is 0 Å². The predicted molar refractivity (Wildman–Crippen MR) is 242 cm³/mol. The van der Waals surface area contributed by atoms with Gasteiger partial charge in [0.05, 0.1) is 22.1 Å². The third-order valence-corrected chi connectivity index (χ3v) is 12.2. The van der Waals surface area contributed by atoms with Gasteiger partial charge in [-0.2, -0.15) is 0 Å². The molecule has 0 bridgehead atoms. The van der Waals surface area contributed by atoms with E-state index in [9.17, 15) is 0 Å². The van der Waals surface area contributed by atoms with E-state index in [1.165, 1.54) is 86.8 Å². The minimum Gasteiger partial charge on any atom is -0.309 e. The molecule has 0 fully saturated rings. The van der Waals surface area contributed by atoms with Crippen molar-refractivity contribution in [1.29, 1.82) is 0 Å². The van der Waals surface area contributed by atoms with E-state index in [-0.39, 0.29) is 0 Å². The van der Waals surface area contributed by atoms with Gasteiger partial charge >= 0.3 is 0 Å². The zero-order valence-electron chi connectivity index (χ0n) is 31.1. The second-order valence-electron chi connectivity index (χ2n) is 14.6. The molecule has 0 aliphatic heterocycles. The van der Waals surface area contributed by atoms with Gasteiger partial charge in [0.1, 0.15) is 0 Å². The average molecular weight is 745 g/mol. The summed E-state index contributed by atoms with van der Waals surface area (Å²) in [6.07, 6.45) is 0. The van der Waals surface area contributed by atoms with Crippen molar-refractivity contribution in [2.45, 2.75) is 9.79 Å². The Hall–Kier alpha value is -7.07. The molecule has 0 atom stereocenters. The fraction of sp³-hybridized carbons (Fsp3) is 0. The zero-order chi connectivity index (χ0) is 37.7. The van der Waals surface area contributed by atoms with Gasteiger partial charge in [-0.15, -0.1) is 0 Å². The highest BCUT2D eigenvalue weighted by Crippen LogP contribution is 2.39. The molecule has 2 nitrogen and oxygen atoms in total. The van der Waals surface area contributed by atoms with Crippen molar-refractivity contribution in [3.8, 4) is 44.8 Å². The molecule has 2 heterocycles. The Morgan fingerprint density at radius 1 is 0.246 bits per heavy atom. The monoisotopic (exact) mass is 744 g/mol. The lowest BCUT2D eigenvalue weighted by Gasteiger charge is -2.11. The quantitative estimate of drug-likeness (QED) is 0.158. The largest absolute Gasteiger partial charge is 0.309 e. The number of benzene rings is 9. The summed E-state index contributed by atoms with van der Waals surface area (Å²) in [7, 11) is 0. The molecule has 268 valence electrons. The van der Waals surface area contributed by atoms with E-state index in [1.54, 1.807) is 11.8 Å². The Morgan fingerprint density at radius 2 is 0.632 bits per heavy atom. The molecule has 0 aliphatic carbocycles. The van der Waals surface area contributed by atoms with Gasteiger partial charge in [-0.25, -0.2) is 0 Å². The fourth-order valence-electron chi connectivity index (χ4n) is 8.46. The van der Waals surface area contributed by atoms with Crippen LogP contribution in [0.1, 0.15) is 0 Å². The molecule has 11 rings (SSSR count). The predicted octanol–water partition coefficient (Wildman–Crippen LogP) is 15.0. The summed E-state index contributed by atoms with van der Waals surface area (Å²) >= 11 is 1.80. The van der Waals surface area contributed by atoms with Crippen molar-refractivity contribution in [3.63, 3.8) is 0 Å². The highest BCUT2D eigenvalue weighted by atomic mass is 32.2. The number of nitrogens with zero attached hydrogens (tertiary/aromatic N) is 2. The van der Waals surface area contributed by atoms with Crippen molar-refractivity contribution in [3.05, 3.63) is 218 Å². The molecule has 9 aromatic carbocycles. The van der Waals surface area contributed by atoms with E-state index in [1.807, 2.05) is 0 Å². The Balaban J connectivity index is 0.960. The van der Waals surface area contributed by atoms with Crippen LogP contribution in [-0.2, 0) is 0 Å². The number of fused-ring (bicyclic) bond motifs is 6. The standard InChI is InChI=1S/C54H36N2S/c1-3-12-37(13-4-1)38-22-28-43(29-23-38)55-51-20-9-7-18-47(51)49-35-41(26-32-53(49)55)42-27-33-54-50(36-42)48-19-8-10-21-52(48)56(54)44-30-24-39(25-31-44)40-14-11-17-46(34-40)57-45-15-5-2-6-16-45/h1-36H. The molecule has 0 saturated heterocycles. The van der Waals surface area contributed by atoms with E-state index < -0.39 is 0 Å². The van der Waals surface area contributed by atoms with Crippen molar-refractivity contribution in [2.24, 2.45) is 0 Å². The molecule has 0 aliphatic rings. The lowest BCUT2D eigenvalue weighted by molar-refractivity contribution is 1.18. The maximum absolute atomic E-state index is 2.40. The number of aromatic nitrogens is 2. The van der Waals surface area contributed by atoms with Crippen LogP contribution in [0.3, 0.4) is 0 Å². The summed E-state index contributed by atoms with van der Waals surface area (Å²) in [4.78, 5) is 2.48. The second-order valence-corrected chi connectivity index (χ2v) is 15.7. The Morgan fingerprint density at radius 3 is 1.19 bits per heavy atom. The summed E-state index contributed by atoms with van der Waals surface area (Å²) < 4.78 is 4.80. The summed E-state index contributed by atoms with van der Waals surface area (Å²) in [5, 5.41) is 5.01. The Kier molecular flexibility index (Phi) is 8.12. The minimum absolute atomic E-state index is 1.15. The molecule has 0 unspecified atom stereocenters. The van der Waals surface area contributed by atoms with Gasteiger partial charge in [-0.05, 0) is 118 Å². The topological polar surface area (TPSA) is 9.86 Å². The first-order valence-corrected chi connectivity index (χ1v) is 20.2. The second kappa shape index (κ2) is 13.9. The van der Waals surface area contributed by atoms with Gasteiger partial charge in [0.2, 0.25) is 0 Å². The first-order chi connectivity index (χ1) is 28.2. The van der Waals surface area contributed by atoms with Gasteiger partial charge in [0.25, 0.3) is 0 Å². The molecule has 0 spiro atoms. The van der Waals surface area contributed by atoms with Crippen LogP contribution in [0.4, 0.5) is 0 Å². The maximum atomic E-state index is 2.40. The van der Waals surface area contributed by atoms with Crippen molar-refractivity contribution in [1.82, 2.24) is 9.13 Å². The number of para-hydroxylation sites is 2. The number of hydrogen-bond donors (Lipinski definition) is 0. The van der Waals surface area contributed by atoms with Crippen molar-refractivity contribution < 1.29 is 0 Å². The number of rotatable bonds is 7. The van der Waals surface area contributed by atoms with E-state index in [2.05, 4.69) is 228 Å². The summed E-state index contributed by atoms with van der Waals surface area (Å²) in [5.74, 6) is 0. The molecule has 0 radical (unpaired) electrons. The molecular formula is C54H36N2S. The van der Waals surface area contributed by atoms with Crippen LogP contribution in [-0.4, -0.2) is 9.13 Å². The van der Waals surface area contributed by atoms with E-state index in [0.717, 1.165) is 11.4 Å². The van der Waals surface area contributed by atoms with Crippen LogP contribution in [0, 0.1) is 0 Å². The smallest absolute Gasteiger partial charge is 0.0541 e. The van der Waals surface area contributed by atoms with E-state index in [0.29, 0.717) is 0 Å². The third-order valence-electron chi connectivity index (χ3n) is 11.2. The van der Waals surface area contributed by atoms with Crippen LogP contribution in [0.15, 0.2) is 228 Å². The fourth-order valence-corrected chi connectivity index (χ4v) is 9.36. The Bertz CT molecular complexity index is 3230. The Labute approximate surface area is 335 Å². The molecule has 57 heavy (non-hydrogen) atoms. The molecule has 11 aromatic rings. The van der Waals surface area contributed by atoms with Gasteiger partial charge < -0.3 is 9.13 Å². The lowest BCUT2D eigenvalue weighted by Crippen LogP contribution is -1.94.